The zero-order chi connectivity index (χ0) is 12.1. The highest BCUT2D eigenvalue weighted by atomic mass is 16.1. The van der Waals surface area contributed by atoms with E-state index in [1.807, 2.05) is 0 Å². The summed E-state index contributed by atoms with van der Waals surface area (Å²) < 4.78 is 0. The van der Waals surface area contributed by atoms with Gasteiger partial charge in [-0.2, -0.15) is 0 Å². The lowest BCUT2D eigenvalue weighted by Gasteiger charge is -2.33. The van der Waals surface area contributed by atoms with E-state index in [0.29, 0.717) is 18.5 Å². The van der Waals surface area contributed by atoms with E-state index in [-0.39, 0.29) is 5.91 Å². The molecule has 2 fully saturated rings. The molecule has 0 spiro atoms. The second kappa shape index (κ2) is 6.36. The number of carbonyl (C=O) groups excluding carboxylic acids is 1. The third-order valence-electron chi connectivity index (χ3n) is 3.80. The molecule has 1 heterocycles. The third kappa shape index (κ3) is 4.28. The Morgan fingerprint density at radius 1 is 1.29 bits per heavy atom. The number of hydrogen-bond donors (Lipinski definition) is 2. The van der Waals surface area contributed by atoms with Crippen LogP contribution in [0.15, 0.2) is 0 Å². The molecule has 1 saturated carbocycles. The van der Waals surface area contributed by atoms with Gasteiger partial charge in [-0.3, -0.25) is 4.79 Å². The Bertz CT molecular complexity index is 247. The third-order valence-corrected chi connectivity index (χ3v) is 3.80. The molecule has 4 heteroatoms. The van der Waals surface area contributed by atoms with Gasteiger partial charge in [0.05, 0.1) is 0 Å². The summed E-state index contributed by atoms with van der Waals surface area (Å²) >= 11 is 0. The molecule has 2 aliphatic rings. The van der Waals surface area contributed by atoms with Crippen LogP contribution in [0.1, 0.15) is 39.0 Å². The number of nitrogens with one attached hydrogen (secondary N) is 2. The highest BCUT2D eigenvalue weighted by Gasteiger charge is 2.24. The molecular formula is C13H25N3O. The molecule has 0 aromatic carbocycles. The predicted octanol–water partition coefficient (Wildman–Crippen LogP) is 0.729. The first-order valence-electron chi connectivity index (χ1n) is 7.03. The van der Waals surface area contributed by atoms with E-state index in [4.69, 9.17) is 0 Å². The Morgan fingerprint density at radius 3 is 2.59 bits per heavy atom. The second-order valence-electron chi connectivity index (χ2n) is 5.20. The summed E-state index contributed by atoms with van der Waals surface area (Å²) in [5.74, 6) is 0.236. The van der Waals surface area contributed by atoms with Gasteiger partial charge in [-0.1, -0.05) is 6.92 Å². The number of amides is 1. The topological polar surface area (TPSA) is 44.4 Å². The molecule has 1 amide bonds. The van der Waals surface area contributed by atoms with Crippen molar-refractivity contribution in [2.24, 2.45) is 0 Å². The van der Waals surface area contributed by atoms with Gasteiger partial charge in [-0.25, -0.2) is 0 Å². The van der Waals surface area contributed by atoms with E-state index < -0.39 is 0 Å². The van der Waals surface area contributed by atoms with Crippen molar-refractivity contribution in [3.05, 3.63) is 0 Å². The van der Waals surface area contributed by atoms with E-state index in [1.165, 1.54) is 25.7 Å². The van der Waals surface area contributed by atoms with Gasteiger partial charge in [-0.05, 0) is 45.3 Å². The molecule has 2 rings (SSSR count). The number of piperidine rings is 1. The fourth-order valence-electron chi connectivity index (χ4n) is 2.54. The molecule has 0 unspecified atom stereocenters. The predicted molar refractivity (Wildman–Crippen MR) is 68.9 cm³/mol. The first-order chi connectivity index (χ1) is 8.29. The Hall–Kier alpha value is -0.610. The maximum Gasteiger partial charge on any atom is 0.221 e. The summed E-state index contributed by atoms with van der Waals surface area (Å²) in [4.78, 5) is 14.1. The summed E-state index contributed by atoms with van der Waals surface area (Å²) in [7, 11) is 0. The van der Waals surface area contributed by atoms with Crippen molar-refractivity contribution in [1.82, 2.24) is 15.5 Å². The van der Waals surface area contributed by atoms with Crippen LogP contribution in [0.2, 0.25) is 0 Å². The number of rotatable bonds is 6. The van der Waals surface area contributed by atoms with E-state index in [1.54, 1.807) is 0 Å². The number of hydrogen-bond acceptors (Lipinski definition) is 3. The molecule has 2 N–H and O–H groups in total. The minimum Gasteiger partial charge on any atom is -0.353 e. The van der Waals surface area contributed by atoms with E-state index in [9.17, 15) is 4.79 Å². The number of nitrogens with zero attached hydrogens (tertiary/aromatic N) is 1. The quantitative estimate of drug-likeness (QED) is 0.718. The van der Waals surface area contributed by atoms with Crippen molar-refractivity contribution in [3.8, 4) is 0 Å². The normalized spacial score (nSPS) is 21.8. The minimum atomic E-state index is 0.236. The monoisotopic (exact) mass is 239 g/mol. The molecule has 4 nitrogen and oxygen atoms in total. The van der Waals surface area contributed by atoms with Gasteiger partial charge in [0.25, 0.3) is 0 Å². The molecule has 1 saturated heterocycles. The fraction of sp³-hybridized carbons (Fsp3) is 0.923. The second-order valence-corrected chi connectivity index (χ2v) is 5.20. The van der Waals surface area contributed by atoms with Gasteiger partial charge in [0.15, 0.2) is 0 Å². The van der Waals surface area contributed by atoms with Gasteiger partial charge in [0, 0.05) is 25.0 Å². The molecule has 98 valence electrons. The Labute approximate surface area is 104 Å². The maximum atomic E-state index is 11.6. The molecule has 1 aliphatic carbocycles. The Balaban J connectivity index is 1.68. The molecular weight excluding hydrogens is 214 g/mol. The van der Waals surface area contributed by atoms with Crippen LogP contribution in [0.3, 0.4) is 0 Å². The molecule has 17 heavy (non-hydrogen) atoms. The molecule has 0 radical (unpaired) electrons. The average Bonchev–Trinajstić information content (AvgIpc) is 3.15. The van der Waals surface area contributed by atoms with E-state index in [0.717, 1.165) is 26.2 Å². The zero-order valence-electron chi connectivity index (χ0n) is 10.9. The van der Waals surface area contributed by atoms with Crippen LogP contribution >= 0.6 is 0 Å². The van der Waals surface area contributed by atoms with Gasteiger partial charge >= 0.3 is 0 Å². The van der Waals surface area contributed by atoms with Crippen LogP contribution in [-0.2, 0) is 4.79 Å². The van der Waals surface area contributed by atoms with Crippen molar-refractivity contribution in [3.63, 3.8) is 0 Å². The summed E-state index contributed by atoms with van der Waals surface area (Å²) in [5.41, 5.74) is 0. The Morgan fingerprint density at radius 2 is 2.00 bits per heavy atom. The van der Waals surface area contributed by atoms with Gasteiger partial charge in [0.2, 0.25) is 5.91 Å². The van der Waals surface area contributed by atoms with Gasteiger partial charge < -0.3 is 15.5 Å². The average molecular weight is 239 g/mol. The maximum absolute atomic E-state index is 11.6. The van der Waals surface area contributed by atoms with Crippen molar-refractivity contribution >= 4 is 5.91 Å². The van der Waals surface area contributed by atoms with Crippen LogP contribution in [0.4, 0.5) is 0 Å². The van der Waals surface area contributed by atoms with Gasteiger partial charge in [-0.15, -0.1) is 0 Å². The zero-order valence-corrected chi connectivity index (χ0v) is 10.9. The fourth-order valence-corrected chi connectivity index (χ4v) is 2.54. The van der Waals surface area contributed by atoms with Crippen molar-refractivity contribution < 1.29 is 4.79 Å². The smallest absolute Gasteiger partial charge is 0.221 e. The first kappa shape index (κ1) is 12.8. The lowest BCUT2D eigenvalue weighted by Crippen LogP contribution is -2.44. The van der Waals surface area contributed by atoms with Crippen LogP contribution in [0.5, 0.6) is 0 Å². The lowest BCUT2D eigenvalue weighted by atomic mass is 10.0. The molecule has 0 atom stereocenters. The van der Waals surface area contributed by atoms with Crippen LogP contribution in [0.25, 0.3) is 0 Å². The van der Waals surface area contributed by atoms with Gasteiger partial charge in [0.1, 0.15) is 0 Å². The molecule has 0 bridgehead atoms. The molecule has 0 aromatic rings. The number of carbonyl (C=O) groups is 1. The SMILES string of the molecule is CCN(CCC(=O)NC1CC1)C1CCNCC1. The van der Waals surface area contributed by atoms with Crippen molar-refractivity contribution in [2.45, 2.75) is 51.1 Å². The van der Waals surface area contributed by atoms with Crippen LogP contribution in [0, 0.1) is 0 Å². The summed E-state index contributed by atoms with van der Waals surface area (Å²) in [6, 6.07) is 1.17. The van der Waals surface area contributed by atoms with Crippen LogP contribution < -0.4 is 10.6 Å². The summed E-state index contributed by atoms with van der Waals surface area (Å²) in [5, 5.41) is 6.45. The summed E-state index contributed by atoms with van der Waals surface area (Å²) in [6.07, 6.45) is 5.46. The molecule has 1 aliphatic heterocycles. The van der Waals surface area contributed by atoms with Crippen molar-refractivity contribution in [1.29, 1.82) is 0 Å². The van der Waals surface area contributed by atoms with E-state index >= 15 is 0 Å². The Kier molecular flexibility index (Phi) is 4.80. The van der Waals surface area contributed by atoms with Crippen molar-refractivity contribution in [2.75, 3.05) is 26.2 Å². The lowest BCUT2D eigenvalue weighted by molar-refractivity contribution is -0.121. The minimum absolute atomic E-state index is 0.236. The first-order valence-corrected chi connectivity index (χ1v) is 7.03. The standard InChI is InChI=1S/C13H25N3O/c1-2-16(12-5-8-14-9-6-12)10-7-13(17)15-11-3-4-11/h11-12,14H,2-10H2,1H3,(H,15,17). The highest BCUT2D eigenvalue weighted by Crippen LogP contribution is 2.18. The summed E-state index contributed by atoms with van der Waals surface area (Å²) in [6.45, 7) is 6.41. The van der Waals surface area contributed by atoms with E-state index in [2.05, 4.69) is 22.5 Å². The van der Waals surface area contributed by atoms with Crippen LogP contribution in [-0.4, -0.2) is 49.1 Å². The largest absolute Gasteiger partial charge is 0.353 e. The molecule has 0 aromatic heterocycles. The highest BCUT2D eigenvalue weighted by molar-refractivity contribution is 5.76.